The van der Waals surface area contributed by atoms with Crippen molar-refractivity contribution in [3.63, 3.8) is 0 Å². The average molecular weight is 256 g/mol. The monoisotopic (exact) mass is 256 g/mol. The molecule has 0 aromatic heterocycles. The van der Waals surface area contributed by atoms with E-state index in [0.717, 1.165) is 18.4 Å². The summed E-state index contributed by atoms with van der Waals surface area (Å²) >= 11 is 0. The van der Waals surface area contributed by atoms with Crippen LogP contribution in [0.25, 0.3) is 0 Å². The number of aliphatic hydroxyl groups excluding tert-OH is 1. The minimum atomic E-state index is -0.371. The van der Waals surface area contributed by atoms with Crippen LogP contribution in [0.4, 0.5) is 0 Å². The van der Waals surface area contributed by atoms with E-state index in [0.29, 0.717) is 0 Å². The Morgan fingerprint density at radius 3 is 2.63 bits per heavy atom. The summed E-state index contributed by atoms with van der Waals surface area (Å²) in [5.41, 5.74) is 5.30. The van der Waals surface area contributed by atoms with Gasteiger partial charge in [-0.25, -0.2) is 0 Å². The first-order valence-corrected chi connectivity index (χ1v) is 7.83. The number of rotatable bonds is 2. The summed E-state index contributed by atoms with van der Waals surface area (Å²) in [5, 5.41) is 10.6. The molecule has 0 amide bonds. The Morgan fingerprint density at radius 1 is 0.842 bits per heavy atom. The van der Waals surface area contributed by atoms with Crippen molar-refractivity contribution in [3.8, 4) is 0 Å². The van der Waals surface area contributed by atoms with Gasteiger partial charge >= 0.3 is 0 Å². The second-order valence-electron chi connectivity index (χ2n) is 6.02. The van der Waals surface area contributed by atoms with Gasteiger partial charge in [-0.3, -0.25) is 0 Å². The van der Waals surface area contributed by atoms with Crippen LogP contribution in [0.2, 0.25) is 0 Å². The van der Waals surface area contributed by atoms with E-state index in [1.807, 2.05) is 0 Å². The van der Waals surface area contributed by atoms with Gasteiger partial charge in [-0.15, -0.1) is 0 Å². The van der Waals surface area contributed by atoms with Crippen molar-refractivity contribution in [3.05, 3.63) is 46.5 Å². The van der Waals surface area contributed by atoms with Gasteiger partial charge in [0.2, 0.25) is 0 Å². The molecule has 2 aliphatic rings. The Labute approximate surface area is 116 Å². The highest BCUT2D eigenvalue weighted by Gasteiger charge is 2.17. The zero-order chi connectivity index (χ0) is 13.1. The Hall–Kier alpha value is -1.08. The average Bonchev–Trinajstić information content (AvgIpc) is 2.84. The third kappa shape index (κ3) is 2.92. The molecule has 3 rings (SSSR count). The summed E-state index contributed by atoms with van der Waals surface area (Å²) in [7, 11) is 0. The Kier molecular flexibility index (Phi) is 4.03. The zero-order valence-electron chi connectivity index (χ0n) is 11.7. The summed E-state index contributed by atoms with van der Waals surface area (Å²) in [4.78, 5) is 0. The van der Waals surface area contributed by atoms with Gasteiger partial charge in [0.05, 0.1) is 0 Å². The molecule has 0 fully saturated rings. The first-order chi connectivity index (χ1) is 9.34. The third-order valence-electron chi connectivity index (χ3n) is 4.62. The van der Waals surface area contributed by atoms with Gasteiger partial charge in [0.25, 0.3) is 0 Å². The molecule has 0 heterocycles. The van der Waals surface area contributed by atoms with E-state index in [1.165, 1.54) is 61.6 Å². The highest BCUT2D eigenvalue weighted by atomic mass is 16.3. The fraction of sp³-hybridized carbons (Fsp3) is 0.556. The number of allylic oxidation sites excluding steroid dienone is 1. The Balaban J connectivity index is 1.80. The molecule has 1 heteroatoms. The number of aryl methyl sites for hydroxylation is 2. The van der Waals surface area contributed by atoms with E-state index in [4.69, 9.17) is 0 Å². The number of fused-ring (bicyclic) bond motifs is 1. The second-order valence-corrected chi connectivity index (χ2v) is 6.02. The SMILES string of the molecule is OC(/C1=C/CCCCCC1)c1ccc2c(c1)CCC2. The number of hydrogen-bond donors (Lipinski definition) is 1. The molecule has 1 nitrogen and oxygen atoms in total. The number of hydrogen-bond acceptors (Lipinski definition) is 1. The number of benzene rings is 1. The van der Waals surface area contributed by atoms with Crippen molar-refractivity contribution in [1.82, 2.24) is 0 Å². The van der Waals surface area contributed by atoms with Crippen molar-refractivity contribution in [2.24, 2.45) is 0 Å². The lowest BCUT2D eigenvalue weighted by Gasteiger charge is -2.18. The third-order valence-corrected chi connectivity index (χ3v) is 4.62. The van der Waals surface area contributed by atoms with Crippen LogP contribution in [0, 0.1) is 0 Å². The molecule has 102 valence electrons. The van der Waals surface area contributed by atoms with Crippen LogP contribution in [-0.4, -0.2) is 5.11 Å². The van der Waals surface area contributed by atoms with Crippen molar-refractivity contribution < 1.29 is 5.11 Å². The summed E-state index contributed by atoms with van der Waals surface area (Å²) in [5.74, 6) is 0. The minimum Gasteiger partial charge on any atom is -0.384 e. The van der Waals surface area contributed by atoms with Crippen molar-refractivity contribution in [2.75, 3.05) is 0 Å². The predicted octanol–water partition coefficient (Wildman–Crippen LogP) is 4.49. The van der Waals surface area contributed by atoms with Crippen LogP contribution in [0.1, 0.15) is 67.7 Å². The fourth-order valence-electron chi connectivity index (χ4n) is 3.44. The standard InChI is InChI=1S/C18H24O/c19-18(15-7-4-2-1-3-5-8-15)17-12-11-14-9-6-10-16(14)13-17/h7,11-13,18-19H,1-6,8-10H2/b15-7+. The van der Waals surface area contributed by atoms with E-state index < -0.39 is 0 Å². The van der Waals surface area contributed by atoms with Crippen molar-refractivity contribution in [2.45, 2.75) is 63.9 Å². The molecule has 1 aromatic carbocycles. The zero-order valence-corrected chi connectivity index (χ0v) is 11.7. The maximum absolute atomic E-state index is 10.6. The molecule has 19 heavy (non-hydrogen) atoms. The maximum atomic E-state index is 10.6. The molecule has 0 spiro atoms. The molecule has 0 saturated carbocycles. The molecule has 1 N–H and O–H groups in total. The van der Waals surface area contributed by atoms with Crippen LogP contribution < -0.4 is 0 Å². The van der Waals surface area contributed by atoms with Crippen LogP contribution in [0.15, 0.2) is 29.8 Å². The topological polar surface area (TPSA) is 20.2 Å². The highest BCUT2D eigenvalue weighted by molar-refractivity contribution is 5.38. The normalized spacial score (nSPS) is 23.9. The minimum absolute atomic E-state index is 0.371. The van der Waals surface area contributed by atoms with Gasteiger partial charge in [-0.2, -0.15) is 0 Å². The molecular weight excluding hydrogens is 232 g/mol. The quantitative estimate of drug-likeness (QED) is 0.773. The fourth-order valence-corrected chi connectivity index (χ4v) is 3.44. The molecule has 1 atom stereocenters. The first kappa shape index (κ1) is 12.9. The highest BCUT2D eigenvalue weighted by Crippen LogP contribution is 2.31. The molecule has 1 unspecified atom stereocenters. The van der Waals surface area contributed by atoms with Crippen LogP contribution >= 0.6 is 0 Å². The molecule has 2 aliphatic carbocycles. The second kappa shape index (κ2) is 5.92. The lowest BCUT2D eigenvalue weighted by atomic mass is 9.91. The van der Waals surface area contributed by atoms with Gasteiger partial charge in [0.15, 0.2) is 0 Å². The van der Waals surface area contributed by atoms with Gasteiger partial charge in [-0.1, -0.05) is 37.1 Å². The van der Waals surface area contributed by atoms with Gasteiger partial charge < -0.3 is 5.11 Å². The van der Waals surface area contributed by atoms with Crippen LogP contribution in [0.5, 0.6) is 0 Å². The van der Waals surface area contributed by atoms with Crippen molar-refractivity contribution >= 4 is 0 Å². The van der Waals surface area contributed by atoms with Crippen LogP contribution in [0.3, 0.4) is 0 Å². The van der Waals surface area contributed by atoms with E-state index >= 15 is 0 Å². The maximum Gasteiger partial charge on any atom is 0.100 e. The summed E-state index contributed by atoms with van der Waals surface area (Å²) in [6.07, 6.45) is 13.0. The largest absolute Gasteiger partial charge is 0.384 e. The Morgan fingerprint density at radius 2 is 1.68 bits per heavy atom. The molecule has 0 radical (unpaired) electrons. The van der Waals surface area contributed by atoms with E-state index in [-0.39, 0.29) is 6.10 Å². The van der Waals surface area contributed by atoms with Gasteiger partial charge in [0.1, 0.15) is 6.10 Å². The predicted molar refractivity (Wildman–Crippen MR) is 79.2 cm³/mol. The van der Waals surface area contributed by atoms with Crippen LogP contribution in [-0.2, 0) is 12.8 Å². The summed E-state index contributed by atoms with van der Waals surface area (Å²) in [6, 6.07) is 6.60. The summed E-state index contributed by atoms with van der Waals surface area (Å²) < 4.78 is 0. The molecule has 1 aromatic rings. The molecule has 0 saturated heterocycles. The van der Waals surface area contributed by atoms with Gasteiger partial charge in [-0.05, 0) is 67.2 Å². The van der Waals surface area contributed by atoms with Gasteiger partial charge in [0, 0.05) is 0 Å². The number of aliphatic hydroxyl groups is 1. The first-order valence-electron chi connectivity index (χ1n) is 7.83. The molecule has 0 aliphatic heterocycles. The molecular formula is C18H24O. The smallest absolute Gasteiger partial charge is 0.100 e. The molecule has 0 bridgehead atoms. The van der Waals surface area contributed by atoms with E-state index in [9.17, 15) is 5.11 Å². The lowest BCUT2D eigenvalue weighted by molar-refractivity contribution is 0.209. The van der Waals surface area contributed by atoms with E-state index in [2.05, 4.69) is 24.3 Å². The van der Waals surface area contributed by atoms with Crippen molar-refractivity contribution in [1.29, 1.82) is 0 Å². The Bertz CT molecular complexity index is 473. The lowest BCUT2D eigenvalue weighted by Crippen LogP contribution is -2.04. The van der Waals surface area contributed by atoms with E-state index in [1.54, 1.807) is 0 Å². The summed E-state index contributed by atoms with van der Waals surface area (Å²) in [6.45, 7) is 0.